The van der Waals surface area contributed by atoms with Crippen LogP contribution in [0.1, 0.15) is 24.2 Å². The van der Waals surface area contributed by atoms with Crippen molar-refractivity contribution in [3.05, 3.63) is 33.4 Å². The van der Waals surface area contributed by atoms with E-state index in [1.807, 2.05) is 12.1 Å². The van der Waals surface area contributed by atoms with Crippen molar-refractivity contribution in [3.8, 4) is 0 Å². The summed E-state index contributed by atoms with van der Waals surface area (Å²) in [7, 11) is 0. The molecular formula is C11H14INO2. The largest absolute Gasteiger partial charge is 0.389 e. The Kier molecular flexibility index (Phi) is 4.10. The third-order valence-corrected chi connectivity index (χ3v) is 2.51. The van der Waals surface area contributed by atoms with E-state index in [0.29, 0.717) is 5.56 Å². The van der Waals surface area contributed by atoms with Crippen molar-refractivity contribution in [1.29, 1.82) is 0 Å². The van der Waals surface area contributed by atoms with Crippen molar-refractivity contribution in [2.45, 2.75) is 19.4 Å². The molecule has 2 N–H and O–H groups in total. The molecule has 0 aromatic heterocycles. The minimum atomic E-state index is -0.876. The van der Waals surface area contributed by atoms with Gasteiger partial charge in [-0.1, -0.05) is 0 Å². The van der Waals surface area contributed by atoms with Crippen LogP contribution in [-0.4, -0.2) is 23.2 Å². The Hall–Kier alpha value is -0.620. The van der Waals surface area contributed by atoms with Crippen LogP contribution in [-0.2, 0) is 0 Å². The zero-order chi connectivity index (χ0) is 11.5. The highest BCUT2D eigenvalue weighted by Crippen LogP contribution is 2.07. The molecule has 0 unspecified atom stereocenters. The van der Waals surface area contributed by atoms with E-state index in [2.05, 4.69) is 27.9 Å². The molecule has 0 radical (unpaired) electrons. The Balaban J connectivity index is 2.58. The van der Waals surface area contributed by atoms with E-state index in [9.17, 15) is 9.90 Å². The van der Waals surface area contributed by atoms with Gasteiger partial charge in [-0.2, -0.15) is 0 Å². The number of amides is 1. The molecule has 4 heteroatoms. The van der Waals surface area contributed by atoms with Crippen LogP contribution in [0.25, 0.3) is 0 Å². The fourth-order valence-corrected chi connectivity index (χ4v) is 1.36. The lowest BCUT2D eigenvalue weighted by atomic mass is 10.1. The normalized spacial score (nSPS) is 11.2. The van der Waals surface area contributed by atoms with Crippen LogP contribution in [0.5, 0.6) is 0 Å². The van der Waals surface area contributed by atoms with E-state index in [1.165, 1.54) is 0 Å². The van der Waals surface area contributed by atoms with Gasteiger partial charge in [0.15, 0.2) is 0 Å². The van der Waals surface area contributed by atoms with Crippen molar-refractivity contribution in [3.63, 3.8) is 0 Å². The average Bonchev–Trinajstić information content (AvgIpc) is 2.14. The van der Waals surface area contributed by atoms with Gasteiger partial charge in [-0.25, -0.2) is 0 Å². The van der Waals surface area contributed by atoms with Crippen LogP contribution in [0.3, 0.4) is 0 Å². The predicted octanol–water partition coefficient (Wildman–Crippen LogP) is 1.79. The lowest BCUT2D eigenvalue weighted by Crippen LogP contribution is -2.38. The Bertz CT molecular complexity index is 341. The third kappa shape index (κ3) is 4.61. The number of nitrogens with one attached hydrogen (secondary N) is 1. The summed E-state index contributed by atoms with van der Waals surface area (Å²) in [5, 5.41) is 12.1. The molecule has 1 aromatic carbocycles. The molecule has 0 aliphatic carbocycles. The zero-order valence-corrected chi connectivity index (χ0v) is 10.9. The van der Waals surface area contributed by atoms with Crippen LogP contribution in [0.2, 0.25) is 0 Å². The lowest BCUT2D eigenvalue weighted by Gasteiger charge is -2.17. The molecule has 0 spiro atoms. The molecule has 0 saturated carbocycles. The van der Waals surface area contributed by atoms with Crippen molar-refractivity contribution in [2.24, 2.45) is 0 Å². The summed E-state index contributed by atoms with van der Waals surface area (Å²) in [6.07, 6.45) is 0. The molecule has 3 nitrogen and oxygen atoms in total. The number of benzene rings is 1. The highest BCUT2D eigenvalue weighted by molar-refractivity contribution is 14.1. The predicted molar refractivity (Wildman–Crippen MR) is 67.8 cm³/mol. The minimum Gasteiger partial charge on any atom is -0.389 e. The van der Waals surface area contributed by atoms with Gasteiger partial charge in [-0.15, -0.1) is 0 Å². The summed E-state index contributed by atoms with van der Waals surface area (Å²) >= 11 is 2.18. The van der Waals surface area contributed by atoms with Crippen LogP contribution < -0.4 is 5.32 Å². The van der Waals surface area contributed by atoms with Gasteiger partial charge in [-0.3, -0.25) is 4.79 Å². The monoisotopic (exact) mass is 319 g/mol. The Morgan fingerprint density at radius 1 is 1.40 bits per heavy atom. The molecule has 0 fully saturated rings. The number of halogens is 1. The molecule has 82 valence electrons. The standard InChI is InChI=1S/C11H14INO2/c1-11(2,15)7-13-10(14)8-3-5-9(12)6-4-8/h3-6,15H,7H2,1-2H3,(H,13,14). The van der Waals surface area contributed by atoms with Crippen molar-refractivity contribution in [2.75, 3.05) is 6.54 Å². The summed E-state index contributed by atoms with van der Waals surface area (Å²) < 4.78 is 1.09. The Morgan fingerprint density at radius 3 is 2.40 bits per heavy atom. The molecule has 1 amide bonds. The van der Waals surface area contributed by atoms with E-state index in [-0.39, 0.29) is 12.5 Å². The number of carbonyl (C=O) groups excluding carboxylic acids is 1. The summed E-state index contributed by atoms with van der Waals surface area (Å²) in [5.41, 5.74) is -0.265. The van der Waals surface area contributed by atoms with Gasteiger partial charge in [-0.05, 0) is 60.7 Å². The highest BCUT2D eigenvalue weighted by atomic mass is 127. The second-order valence-corrected chi connectivity index (χ2v) is 5.25. The molecular weight excluding hydrogens is 305 g/mol. The van der Waals surface area contributed by atoms with E-state index < -0.39 is 5.60 Å². The molecule has 0 aliphatic heterocycles. The summed E-state index contributed by atoms with van der Waals surface area (Å²) in [5.74, 6) is -0.159. The molecule has 1 aromatic rings. The quantitative estimate of drug-likeness (QED) is 0.835. The number of rotatable bonds is 3. The number of hydrogen-bond donors (Lipinski definition) is 2. The van der Waals surface area contributed by atoms with Crippen LogP contribution >= 0.6 is 22.6 Å². The molecule has 0 atom stereocenters. The smallest absolute Gasteiger partial charge is 0.251 e. The second kappa shape index (κ2) is 4.94. The van der Waals surface area contributed by atoms with Gasteiger partial charge < -0.3 is 10.4 Å². The number of aliphatic hydroxyl groups is 1. The first kappa shape index (κ1) is 12.4. The SMILES string of the molecule is CC(C)(O)CNC(=O)c1ccc(I)cc1. The van der Waals surface area contributed by atoms with Crippen molar-refractivity contribution < 1.29 is 9.90 Å². The molecule has 0 bridgehead atoms. The topological polar surface area (TPSA) is 49.3 Å². The van der Waals surface area contributed by atoms with Crippen LogP contribution in [0.4, 0.5) is 0 Å². The van der Waals surface area contributed by atoms with Crippen molar-refractivity contribution >= 4 is 28.5 Å². The summed E-state index contributed by atoms with van der Waals surface area (Å²) in [6, 6.07) is 7.28. The van der Waals surface area contributed by atoms with Crippen LogP contribution in [0, 0.1) is 3.57 Å². The fourth-order valence-electron chi connectivity index (χ4n) is 1.000. The Labute approximate surface area is 103 Å². The fraction of sp³-hybridized carbons (Fsp3) is 0.364. The van der Waals surface area contributed by atoms with E-state index in [4.69, 9.17) is 0 Å². The van der Waals surface area contributed by atoms with Gasteiger partial charge in [0.1, 0.15) is 0 Å². The molecule has 0 saturated heterocycles. The van der Waals surface area contributed by atoms with Gasteiger partial charge in [0.05, 0.1) is 5.60 Å². The first-order valence-electron chi connectivity index (χ1n) is 4.65. The number of carbonyl (C=O) groups is 1. The third-order valence-electron chi connectivity index (χ3n) is 1.79. The molecule has 0 heterocycles. The Morgan fingerprint density at radius 2 is 1.93 bits per heavy atom. The average molecular weight is 319 g/mol. The highest BCUT2D eigenvalue weighted by Gasteiger charge is 2.14. The molecule has 15 heavy (non-hydrogen) atoms. The van der Waals surface area contributed by atoms with E-state index >= 15 is 0 Å². The maximum Gasteiger partial charge on any atom is 0.251 e. The molecule has 1 rings (SSSR count). The maximum absolute atomic E-state index is 11.6. The van der Waals surface area contributed by atoms with Gasteiger partial charge in [0.2, 0.25) is 0 Å². The first-order chi connectivity index (χ1) is 6.88. The van der Waals surface area contributed by atoms with E-state index in [0.717, 1.165) is 3.57 Å². The maximum atomic E-state index is 11.6. The second-order valence-electron chi connectivity index (χ2n) is 4.00. The van der Waals surface area contributed by atoms with Gasteiger partial charge in [0, 0.05) is 15.7 Å². The van der Waals surface area contributed by atoms with Gasteiger partial charge >= 0.3 is 0 Å². The van der Waals surface area contributed by atoms with Crippen LogP contribution in [0.15, 0.2) is 24.3 Å². The lowest BCUT2D eigenvalue weighted by molar-refractivity contribution is 0.0694. The van der Waals surface area contributed by atoms with Gasteiger partial charge in [0.25, 0.3) is 5.91 Å². The molecule has 0 aliphatic rings. The first-order valence-corrected chi connectivity index (χ1v) is 5.72. The number of hydrogen-bond acceptors (Lipinski definition) is 2. The van der Waals surface area contributed by atoms with Crippen molar-refractivity contribution in [1.82, 2.24) is 5.32 Å². The summed E-state index contributed by atoms with van der Waals surface area (Å²) in [6.45, 7) is 3.56. The minimum absolute atomic E-state index is 0.159. The zero-order valence-electron chi connectivity index (χ0n) is 8.75. The van der Waals surface area contributed by atoms with E-state index in [1.54, 1.807) is 26.0 Å². The summed E-state index contributed by atoms with van der Waals surface area (Å²) in [4.78, 5) is 11.6.